The van der Waals surface area contributed by atoms with E-state index in [9.17, 15) is 0 Å². The van der Waals surface area contributed by atoms with Gasteiger partial charge in [-0.2, -0.15) is 4.99 Å². The lowest BCUT2D eigenvalue weighted by Gasteiger charge is -2.45. The molecule has 8 heteroatoms. The van der Waals surface area contributed by atoms with Gasteiger partial charge in [0.2, 0.25) is 11.9 Å². The molecule has 0 amide bonds. The number of halogens is 1. The lowest BCUT2D eigenvalue weighted by Crippen LogP contribution is -2.58. The number of nitrogens with zero attached hydrogens (tertiary/aromatic N) is 3. The van der Waals surface area contributed by atoms with Gasteiger partial charge >= 0.3 is 0 Å². The molecule has 1 saturated carbocycles. The molecule has 0 atom stereocenters. The lowest BCUT2D eigenvalue weighted by molar-refractivity contribution is -0.105. The first-order valence-corrected chi connectivity index (χ1v) is 8.73. The lowest BCUT2D eigenvalue weighted by atomic mass is 9.87. The average Bonchev–Trinajstić information content (AvgIpc) is 2.58. The van der Waals surface area contributed by atoms with E-state index in [1.807, 2.05) is 23.1 Å². The van der Waals surface area contributed by atoms with E-state index in [4.69, 9.17) is 32.5 Å². The fourth-order valence-corrected chi connectivity index (χ4v) is 3.90. The van der Waals surface area contributed by atoms with E-state index in [1.54, 1.807) is 14.2 Å². The van der Waals surface area contributed by atoms with E-state index >= 15 is 0 Å². The van der Waals surface area contributed by atoms with Crippen LogP contribution in [0.1, 0.15) is 44.0 Å². The van der Waals surface area contributed by atoms with Crippen molar-refractivity contribution in [3.05, 3.63) is 28.8 Å². The van der Waals surface area contributed by atoms with Crippen molar-refractivity contribution in [2.45, 2.75) is 44.1 Å². The minimum atomic E-state index is -0.564. The van der Waals surface area contributed by atoms with Crippen LogP contribution < -0.4 is 16.4 Å². The average molecular weight is 366 g/mol. The summed E-state index contributed by atoms with van der Waals surface area (Å²) >= 11 is 6.34. The number of rotatable bonds is 4. The van der Waals surface area contributed by atoms with E-state index in [2.05, 4.69) is 9.98 Å². The van der Waals surface area contributed by atoms with Gasteiger partial charge in [0.15, 0.2) is 6.29 Å². The number of nitrogens with two attached hydrogens (primary N) is 2. The predicted octanol–water partition coefficient (Wildman–Crippen LogP) is 2.74. The van der Waals surface area contributed by atoms with Crippen molar-refractivity contribution in [3.63, 3.8) is 0 Å². The van der Waals surface area contributed by atoms with Crippen LogP contribution in [0, 0.1) is 0 Å². The second-order valence-electron chi connectivity index (χ2n) is 6.33. The van der Waals surface area contributed by atoms with Crippen LogP contribution in [0.5, 0.6) is 0 Å². The summed E-state index contributed by atoms with van der Waals surface area (Å²) < 4.78 is 10.7. The first-order valence-electron chi connectivity index (χ1n) is 8.35. The first-order chi connectivity index (χ1) is 12.0. The Bertz CT molecular complexity index is 696. The quantitative estimate of drug-likeness (QED) is 0.799. The summed E-state index contributed by atoms with van der Waals surface area (Å²) in [5.74, 6) is 0.575. The van der Waals surface area contributed by atoms with E-state index in [1.165, 1.54) is 6.42 Å². The molecule has 2 aliphatic rings. The third-order valence-corrected chi connectivity index (χ3v) is 5.12. The number of aliphatic imine (C=N–C) groups is 2. The van der Waals surface area contributed by atoms with Crippen molar-refractivity contribution in [3.8, 4) is 0 Å². The van der Waals surface area contributed by atoms with Crippen molar-refractivity contribution in [2.75, 3.05) is 19.1 Å². The Morgan fingerprint density at radius 1 is 1.16 bits per heavy atom. The van der Waals surface area contributed by atoms with Crippen molar-refractivity contribution in [1.29, 1.82) is 0 Å². The van der Waals surface area contributed by atoms with Gasteiger partial charge in [-0.3, -0.25) is 4.90 Å². The number of anilines is 1. The van der Waals surface area contributed by atoms with Gasteiger partial charge in [-0.15, -0.1) is 0 Å². The zero-order valence-corrected chi connectivity index (χ0v) is 15.3. The van der Waals surface area contributed by atoms with Gasteiger partial charge < -0.3 is 20.9 Å². The van der Waals surface area contributed by atoms with Crippen molar-refractivity contribution >= 4 is 29.2 Å². The molecule has 0 aromatic heterocycles. The standard InChI is InChI=1S/C17H24ClN5O2/c1-24-14(25-2)12-10-11(6-7-13(12)18)23-16(20)21-15(19)22-17(23)8-4-3-5-9-17/h6-7,10,14H,3-5,8-9H2,1-2H3,(H4,19,20,21,22). The van der Waals surface area contributed by atoms with E-state index < -0.39 is 12.0 Å². The normalized spacial score (nSPS) is 19.9. The Kier molecular flexibility index (Phi) is 5.17. The zero-order valence-electron chi connectivity index (χ0n) is 14.5. The third kappa shape index (κ3) is 3.31. The Morgan fingerprint density at radius 3 is 2.48 bits per heavy atom. The first kappa shape index (κ1) is 18.0. The molecule has 1 aromatic carbocycles. The topological polar surface area (TPSA) is 98.5 Å². The van der Waals surface area contributed by atoms with Gasteiger partial charge in [-0.25, -0.2) is 4.99 Å². The molecule has 136 valence electrons. The molecule has 3 rings (SSSR count). The molecule has 0 bridgehead atoms. The van der Waals surface area contributed by atoms with E-state index in [0.717, 1.165) is 36.9 Å². The SMILES string of the molecule is COC(OC)c1cc(N2C(N)=NC(N)=NC23CCCCC3)ccc1Cl. The Labute approximate surface area is 152 Å². The van der Waals surface area contributed by atoms with Crippen LogP contribution in [0.25, 0.3) is 0 Å². The molecule has 0 radical (unpaired) electrons. The molecule has 7 nitrogen and oxygen atoms in total. The number of benzene rings is 1. The van der Waals surface area contributed by atoms with Crippen LogP contribution >= 0.6 is 11.6 Å². The third-order valence-electron chi connectivity index (χ3n) is 4.77. The summed E-state index contributed by atoms with van der Waals surface area (Å²) in [5, 5.41) is 0.561. The Hall–Kier alpha value is -1.83. The minimum absolute atomic E-state index is 0.233. The molecule has 0 unspecified atom stereocenters. The van der Waals surface area contributed by atoms with E-state index in [-0.39, 0.29) is 5.96 Å². The zero-order chi connectivity index (χ0) is 18.0. The molecule has 1 aliphatic heterocycles. The summed E-state index contributed by atoms with van der Waals surface area (Å²) in [6.07, 6.45) is 4.51. The number of hydrogen-bond acceptors (Lipinski definition) is 7. The van der Waals surface area contributed by atoms with Crippen LogP contribution in [0.4, 0.5) is 5.69 Å². The predicted molar refractivity (Wildman–Crippen MR) is 99.8 cm³/mol. The Morgan fingerprint density at radius 2 is 1.84 bits per heavy atom. The number of hydrogen-bond donors (Lipinski definition) is 2. The van der Waals surface area contributed by atoms with Crippen LogP contribution in [-0.4, -0.2) is 31.8 Å². The number of guanidine groups is 2. The minimum Gasteiger partial charge on any atom is -0.369 e. The summed E-state index contributed by atoms with van der Waals surface area (Å²) in [7, 11) is 3.14. The van der Waals surface area contributed by atoms with Gasteiger partial charge in [0, 0.05) is 30.5 Å². The highest BCUT2D eigenvalue weighted by Crippen LogP contribution is 2.41. The second kappa shape index (κ2) is 7.19. The van der Waals surface area contributed by atoms with Gasteiger partial charge in [0.25, 0.3) is 0 Å². The van der Waals surface area contributed by atoms with E-state index in [0.29, 0.717) is 11.0 Å². The van der Waals surface area contributed by atoms with Crippen molar-refractivity contribution in [2.24, 2.45) is 21.5 Å². The molecular formula is C17H24ClN5O2. The van der Waals surface area contributed by atoms with Crippen LogP contribution in [-0.2, 0) is 9.47 Å². The van der Waals surface area contributed by atoms with Crippen LogP contribution in [0.15, 0.2) is 28.2 Å². The van der Waals surface area contributed by atoms with Gasteiger partial charge in [0.05, 0.1) is 0 Å². The number of ether oxygens (including phenoxy) is 2. The maximum absolute atomic E-state index is 6.34. The monoisotopic (exact) mass is 365 g/mol. The maximum Gasteiger partial charge on any atom is 0.220 e. The smallest absolute Gasteiger partial charge is 0.220 e. The van der Waals surface area contributed by atoms with Gasteiger partial charge in [-0.1, -0.05) is 18.0 Å². The fraction of sp³-hybridized carbons (Fsp3) is 0.529. The Balaban J connectivity index is 2.07. The molecule has 1 aromatic rings. The molecule has 1 aliphatic carbocycles. The van der Waals surface area contributed by atoms with Crippen molar-refractivity contribution in [1.82, 2.24) is 0 Å². The summed E-state index contributed by atoms with van der Waals surface area (Å²) in [6.45, 7) is 0. The summed E-state index contributed by atoms with van der Waals surface area (Å²) in [4.78, 5) is 10.8. The molecule has 1 spiro atoms. The van der Waals surface area contributed by atoms with Crippen LogP contribution in [0.3, 0.4) is 0 Å². The highest BCUT2D eigenvalue weighted by atomic mass is 35.5. The largest absolute Gasteiger partial charge is 0.369 e. The molecule has 1 heterocycles. The van der Waals surface area contributed by atoms with Crippen molar-refractivity contribution < 1.29 is 9.47 Å². The maximum atomic E-state index is 6.34. The van der Waals surface area contributed by atoms with Gasteiger partial charge in [-0.05, 0) is 43.9 Å². The highest BCUT2D eigenvalue weighted by molar-refractivity contribution is 6.31. The number of methoxy groups -OCH3 is 2. The summed E-state index contributed by atoms with van der Waals surface area (Å²) in [5.41, 5.74) is 13.2. The fourth-order valence-electron chi connectivity index (χ4n) is 3.70. The van der Waals surface area contributed by atoms with Crippen LogP contribution in [0.2, 0.25) is 5.02 Å². The molecule has 0 saturated heterocycles. The second-order valence-corrected chi connectivity index (χ2v) is 6.73. The molecule has 1 fully saturated rings. The molecule has 4 N–H and O–H groups in total. The highest BCUT2D eigenvalue weighted by Gasteiger charge is 2.42. The van der Waals surface area contributed by atoms with Gasteiger partial charge in [0.1, 0.15) is 5.66 Å². The summed E-state index contributed by atoms with van der Waals surface area (Å²) in [6, 6.07) is 5.63. The molecular weight excluding hydrogens is 342 g/mol. The molecule has 25 heavy (non-hydrogen) atoms.